The zero-order chi connectivity index (χ0) is 12.3. The van der Waals surface area contributed by atoms with Gasteiger partial charge >= 0.3 is 5.97 Å². The molecule has 0 spiro atoms. The van der Waals surface area contributed by atoms with Crippen molar-refractivity contribution < 1.29 is 9.53 Å². The van der Waals surface area contributed by atoms with Crippen LogP contribution in [0.4, 0.5) is 0 Å². The molecular weight excluding hydrogens is 216 g/mol. The van der Waals surface area contributed by atoms with Gasteiger partial charge in [0.2, 0.25) is 0 Å². The van der Waals surface area contributed by atoms with Gasteiger partial charge in [-0.3, -0.25) is 4.79 Å². The molecule has 3 nitrogen and oxygen atoms in total. The van der Waals surface area contributed by atoms with Gasteiger partial charge in [-0.05, 0) is 23.8 Å². The molecule has 0 unspecified atom stereocenters. The van der Waals surface area contributed by atoms with Crippen molar-refractivity contribution in [2.75, 3.05) is 6.61 Å². The Morgan fingerprint density at radius 3 is 2.71 bits per heavy atom. The van der Waals surface area contributed by atoms with Crippen LogP contribution in [0.1, 0.15) is 17.3 Å². The third-order valence-corrected chi connectivity index (χ3v) is 2.46. The number of hydrogen-bond donors (Lipinski definition) is 0. The Morgan fingerprint density at radius 1 is 1.18 bits per heavy atom. The van der Waals surface area contributed by atoms with Gasteiger partial charge in [0.15, 0.2) is 5.43 Å². The average molecular weight is 228 g/mol. The van der Waals surface area contributed by atoms with Gasteiger partial charge in [0.25, 0.3) is 0 Å². The van der Waals surface area contributed by atoms with Crippen LogP contribution in [0.3, 0.4) is 0 Å². The van der Waals surface area contributed by atoms with E-state index in [1.807, 2.05) is 18.2 Å². The van der Waals surface area contributed by atoms with Crippen LogP contribution in [-0.4, -0.2) is 12.6 Å². The van der Waals surface area contributed by atoms with Gasteiger partial charge in [0.05, 0.1) is 12.2 Å². The molecule has 3 heteroatoms. The second-order valence-corrected chi connectivity index (χ2v) is 3.60. The molecule has 0 heterocycles. The van der Waals surface area contributed by atoms with Crippen LogP contribution in [0.25, 0.3) is 10.8 Å². The van der Waals surface area contributed by atoms with Gasteiger partial charge in [0, 0.05) is 6.07 Å². The Balaban J connectivity index is 2.76. The standard InChI is InChI=1S/C14H12O3/c1-2-17-14(16)13-9-11(15)8-7-10-5-3-4-6-12(10)13/h3-9H,2H2,1H3. The highest BCUT2D eigenvalue weighted by Crippen LogP contribution is 2.16. The molecule has 86 valence electrons. The Kier molecular flexibility index (Phi) is 3.19. The highest BCUT2D eigenvalue weighted by molar-refractivity contribution is 6.03. The molecule has 0 aliphatic rings. The van der Waals surface area contributed by atoms with E-state index < -0.39 is 5.97 Å². The molecule has 17 heavy (non-hydrogen) atoms. The van der Waals surface area contributed by atoms with E-state index in [1.54, 1.807) is 19.1 Å². The van der Waals surface area contributed by atoms with Crippen LogP contribution in [0.2, 0.25) is 0 Å². The third-order valence-electron chi connectivity index (χ3n) is 2.46. The number of benzene rings is 1. The molecule has 0 radical (unpaired) electrons. The van der Waals surface area contributed by atoms with E-state index >= 15 is 0 Å². The van der Waals surface area contributed by atoms with Gasteiger partial charge in [0.1, 0.15) is 0 Å². The summed E-state index contributed by atoms with van der Waals surface area (Å²) in [4.78, 5) is 23.3. The number of ether oxygens (including phenoxy) is 1. The quantitative estimate of drug-likeness (QED) is 0.741. The summed E-state index contributed by atoms with van der Waals surface area (Å²) < 4.78 is 4.95. The van der Waals surface area contributed by atoms with E-state index in [4.69, 9.17) is 4.74 Å². The first-order valence-electron chi connectivity index (χ1n) is 5.42. The Bertz CT molecular complexity index is 617. The monoisotopic (exact) mass is 228 g/mol. The van der Waals surface area contributed by atoms with E-state index in [0.717, 1.165) is 10.8 Å². The van der Waals surface area contributed by atoms with Crippen LogP contribution < -0.4 is 5.43 Å². The van der Waals surface area contributed by atoms with Gasteiger partial charge < -0.3 is 4.74 Å². The Labute approximate surface area is 98.7 Å². The van der Waals surface area contributed by atoms with Gasteiger partial charge in [-0.15, -0.1) is 0 Å². The summed E-state index contributed by atoms with van der Waals surface area (Å²) in [6, 6.07) is 11.8. The maximum Gasteiger partial charge on any atom is 0.338 e. The predicted molar refractivity (Wildman–Crippen MR) is 66.2 cm³/mol. The summed E-state index contributed by atoms with van der Waals surface area (Å²) in [6.07, 6.45) is 0. The summed E-state index contributed by atoms with van der Waals surface area (Å²) in [5.41, 5.74) is 0.113. The SMILES string of the molecule is CCOC(=O)c1cc(=O)ccc2ccccc12. The summed E-state index contributed by atoms with van der Waals surface area (Å²) in [5.74, 6) is -0.461. The number of carbonyl (C=O) groups excluding carboxylic acids is 1. The van der Waals surface area contributed by atoms with Crippen molar-refractivity contribution >= 4 is 16.7 Å². The van der Waals surface area contributed by atoms with E-state index in [0.29, 0.717) is 12.2 Å². The zero-order valence-electron chi connectivity index (χ0n) is 9.47. The van der Waals surface area contributed by atoms with Crippen LogP contribution in [0.5, 0.6) is 0 Å². The molecule has 2 aromatic carbocycles. The van der Waals surface area contributed by atoms with Crippen molar-refractivity contribution in [2.45, 2.75) is 6.92 Å². The number of rotatable bonds is 2. The summed E-state index contributed by atoms with van der Waals surface area (Å²) in [7, 11) is 0. The summed E-state index contributed by atoms with van der Waals surface area (Å²) in [5, 5.41) is 1.57. The highest BCUT2D eigenvalue weighted by Gasteiger charge is 2.10. The largest absolute Gasteiger partial charge is 0.462 e. The lowest BCUT2D eigenvalue weighted by molar-refractivity contribution is 0.0528. The van der Waals surface area contributed by atoms with Gasteiger partial charge in [-0.2, -0.15) is 0 Å². The van der Waals surface area contributed by atoms with Crippen LogP contribution >= 0.6 is 0 Å². The minimum atomic E-state index is -0.461. The van der Waals surface area contributed by atoms with E-state index in [9.17, 15) is 9.59 Å². The maximum atomic E-state index is 11.8. The maximum absolute atomic E-state index is 11.8. The van der Waals surface area contributed by atoms with Crippen molar-refractivity contribution in [1.29, 1.82) is 0 Å². The van der Waals surface area contributed by atoms with Crippen molar-refractivity contribution in [3.05, 3.63) is 58.3 Å². The van der Waals surface area contributed by atoms with Crippen LogP contribution in [0.15, 0.2) is 47.3 Å². The third kappa shape index (κ3) is 2.33. The second-order valence-electron chi connectivity index (χ2n) is 3.60. The lowest BCUT2D eigenvalue weighted by atomic mass is 10.1. The van der Waals surface area contributed by atoms with E-state index in [-0.39, 0.29) is 5.43 Å². The normalized spacial score (nSPS) is 10.2. The number of carbonyl (C=O) groups is 1. The first-order chi connectivity index (χ1) is 8.22. The Hall–Kier alpha value is -2.16. The van der Waals surface area contributed by atoms with Gasteiger partial charge in [-0.25, -0.2) is 4.79 Å². The first-order valence-corrected chi connectivity index (χ1v) is 5.42. The predicted octanol–water partition coefficient (Wildman–Crippen LogP) is 2.38. The summed E-state index contributed by atoms with van der Waals surface area (Å²) in [6.45, 7) is 2.03. The molecule has 0 atom stereocenters. The second kappa shape index (κ2) is 4.78. The molecule has 0 bridgehead atoms. The molecule has 0 N–H and O–H groups in total. The number of hydrogen-bond acceptors (Lipinski definition) is 3. The lowest BCUT2D eigenvalue weighted by Crippen LogP contribution is -2.06. The fourth-order valence-corrected chi connectivity index (χ4v) is 1.71. The molecule has 0 saturated carbocycles. The molecular formula is C14H12O3. The van der Waals surface area contributed by atoms with Crippen molar-refractivity contribution in [3.8, 4) is 0 Å². The molecule has 0 saturated heterocycles. The van der Waals surface area contributed by atoms with Crippen LogP contribution in [-0.2, 0) is 4.74 Å². The molecule has 0 aliphatic heterocycles. The highest BCUT2D eigenvalue weighted by atomic mass is 16.5. The molecule has 2 rings (SSSR count). The average Bonchev–Trinajstić information content (AvgIpc) is 2.50. The topological polar surface area (TPSA) is 43.4 Å². The van der Waals surface area contributed by atoms with Crippen molar-refractivity contribution in [2.24, 2.45) is 0 Å². The molecule has 0 aliphatic carbocycles. The lowest BCUT2D eigenvalue weighted by Gasteiger charge is -2.02. The molecule has 2 aromatic rings. The van der Waals surface area contributed by atoms with E-state index in [2.05, 4.69) is 0 Å². The fourth-order valence-electron chi connectivity index (χ4n) is 1.71. The minimum absolute atomic E-state index is 0.204. The van der Waals surface area contributed by atoms with Crippen LogP contribution in [0, 0.1) is 0 Å². The number of esters is 1. The van der Waals surface area contributed by atoms with Crippen molar-refractivity contribution in [3.63, 3.8) is 0 Å². The molecule has 0 amide bonds. The summed E-state index contributed by atoms with van der Waals surface area (Å²) >= 11 is 0. The van der Waals surface area contributed by atoms with Crippen molar-refractivity contribution in [1.82, 2.24) is 0 Å². The minimum Gasteiger partial charge on any atom is -0.462 e. The molecule has 0 fully saturated rings. The smallest absolute Gasteiger partial charge is 0.338 e. The molecule has 0 aromatic heterocycles. The zero-order valence-corrected chi connectivity index (χ0v) is 9.47. The van der Waals surface area contributed by atoms with E-state index in [1.165, 1.54) is 12.1 Å². The number of fused-ring (bicyclic) bond motifs is 1. The van der Waals surface area contributed by atoms with Gasteiger partial charge in [-0.1, -0.05) is 30.3 Å². The fraction of sp³-hybridized carbons (Fsp3) is 0.143. The first kappa shape index (κ1) is 11.3. The Morgan fingerprint density at radius 2 is 1.94 bits per heavy atom.